The Morgan fingerprint density at radius 3 is 2.82 bits per heavy atom. The molecule has 0 bridgehead atoms. The average Bonchev–Trinajstić information content (AvgIpc) is 2.05. The van der Waals surface area contributed by atoms with Crippen LogP contribution in [0.15, 0.2) is 0 Å². The Morgan fingerprint density at radius 2 is 2.27 bits per heavy atom. The Labute approximate surface area is 67.0 Å². The van der Waals surface area contributed by atoms with Gasteiger partial charge in [-0.15, -0.1) is 0 Å². The molecular weight excluding hydrogens is 140 g/mol. The summed E-state index contributed by atoms with van der Waals surface area (Å²) in [5, 5.41) is 21.2. The second-order valence-electron chi connectivity index (χ2n) is 3.05. The number of hydrogen-bond donors (Lipinski definition) is 2. The summed E-state index contributed by atoms with van der Waals surface area (Å²) in [5.41, 5.74) is 0. The number of likely N-dealkylation sites (N-methyl/N-ethyl adjacent to an activating group) is 1. The molecule has 1 rings (SSSR count). The van der Waals surface area contributed by atoms with Crippen LogP contribution in [0, 0.1) is 17.2 Å². The molecule has 0 aliphatic heterocycles. The fourth-order valence-corrected chi connectivity index (χ4v) is 1.64. The second-order valence-corrected chi connectivity index (χ2v) is 3.05. The Balaban J connectivity index is 2.53. The van der Waals surface area contributed by atoms with Gasteiger partial charge < -0.3 is 10.4 Å². The normalized spacial score (nSPS) is 38.1. The van der Waals surface area contributed by atoms with Crippen molar-refractivity contribution in [3.05, 3.63) is 0 Å². The van der Waals surface area contributed by atoms with Crippen LogP contribution in [-0.2, 0) is 0 Å². The van der Waals surface area contributed by atoms with Crippen LogP contribution < -0.4 is 5.32 Å². The summed E-state index contributed by atoms with van der Waals surface area (Å²) in [5.74, 6) is -0.166. The fraction of sp³-hybridized carbons (Fsp3) is 0.875. The van der Waals surface area contributed by atoms with E-state index < -0.39 is 6.10 Å². The smallest absolute Gasteiger partial charge is 0.0850 e. The zero-order valence-electron chi connectivity index (χ0n) is 6.75. The molecule has 0 heterocycles. The van der Waals surface area contributed by atoms with Crippen molar-refractivity contribution in [3.63, 3.8) is 0 Å². The highest BCUT2D eigenvalue weighted by atomic mass is 16.3. The van der Waals surface area contributed by atoms with Gasteiger partial charge in [-0.3, -0.25) is 0 Å². The highest BCUT2D eigenvalue weighted by Crippen LogP contribution is 2.23. The van der Waals surface area contributed by atoms with Gasteiger partial charge in [-0.1, -0.05) is 6.42 Å². The lowest BCUT2D eigenvalue weighted by atomic mass is 9.84. The summed E-state index contributed by atoms with van der Waals surface area (Å²) in [6, 6.07) is 2.25. The van der Waals surface area contributed by atoms with E-state index in [0.29, 0.717) is 0 Å². The number of nitriles is 1. The van der Waals surface area contributed by atoms with Crippen molar-refractivity contribution in [1.82, 2.24) is 5.32 Å². The van der Waals surface area contributed by atoms with Gasteiger partial charge >= 0.3 is 0 Å². The summed E-state index contributed by atoms with van der Waals surface area (Å²) in [7, 11) is 1.83. The van der Waals surface area contributed by atoms with Crippen molar-refractivity contribution in [2.45, 2.75) is 31.4 Å². The lowest BCUT2D eigenvalue weighted by Gasteiger charge is -2.30. The largest absolute Gasteiger partial charge is 0.390 e. The third kappa shape index (κ3) is 1.70. The Bertz CT molecular complexity index is 164. The van der Waals surface area contributed by atoms with E-state index in [1.54, 1.807) is 0 Å². The summed E-state index contributed by atoms with van der Waals surface area (Å²) < 4.78 is 0. The van der Waals surface area contributed by atoms with Crippen LogP contribution in [0.3, 0.4) is 0 Å². The summed E-state index contributed by atoms with van der Waals surface area (Å²) >= 11 is 0. The lowest BCUT2D eigenvalue weighted by Crippen LogP contribution is -2.44. The van der Waals surface area contributed by atoms with E-state index in [9.17, 15) is 5.11 Å². The monoisotopic (exact) mass is 154 g/mol. The van der Waals surface area contributed by atoms with Crippen molar-refractivity contribution in [2.75, 3.05) is 7.05 Å². The summed E-state index contributed by atoms with van der Waals surface area (Å²) in [6.45, 7) is 0. The van der Waals surface area contributed by atoms with E-state index in [1.807, 2.05) is 7.05 Å². The minimum Gasteiger partial charge on any atom is -0.390 e. The van der Waals surface area contributed by atoms with Crippen LogP contribution in [0.4, 0.5) is 0 Å². The fourth-order valence-electron chi connectivity index (χ4n) is 1.64. The van der Waals surface area contributed by atoms with E-state index in [-0.39, 0.29) is 12.0 Å². The van der Waals surface area contributed by atoms with Gasteiger partial charge in [-0.05, 0) is 19.9 Å². The molecule has 0 radical (unpaired) electrons. The predicted molar refractivity (Wildman–Crippen MR) is 41.8 cm³/mol. The van der Waals surface area contributed by atoms with Crippen molar-refractivity contribution in [2.24, 2.45) is 5.92 Å². The molecule has 0 aromatic rings. The van der Waals surface area contributed by atoms with Crippen molar-refractivity contribution >= 4 is 0 Å². The minimum atomic E-state index is -0.473. The van der Waals surface area contributed by atoms with Gasteiger partial charge in [0.05, 0.1) is 18.1 Å². The Morgan fingerprint density at radius 1 is 1.55 bits per heavy atom. The van der Waals surface area contributed by atoms with Gasteiger partial charge in [-0.2, -0.15) is 5.26 Å². The molecule has 3 heteroatoms. The molecule has 1 aliphatic rings. The number of aliphatic hydroxyl groups excluding tert-OH is 1. The topological polar surface area (TPSA) is 56.0 Å². The van der Waals surface area contributed by atoms with Crippen molar-refractivity contribution in [3.8, 4) is 6.07 Å². The Kier molecular flexibility index (Phi) is 2.86. The third-order valence-corrected chi connectivity index (χ3v) is 2.39. The van der Waals surface area contributed by atoms with Crippen LogP contribution in [0.2, 0.25) is 0 Å². The van der Waals surface area contributed by atoms with Crippen LogP contribution in [0.1, 0.15) is 19.3 Å². The van der Waals surface area contributed by atoms with E-state index in [4.69, 9.17) is 5.26 Å². The van der Waals surface area contributed by atoms with Gasteiger partial charge in [0.25, 0.3) is 0 Å². The number of nitrogens with one attached hydrogen (secondary N) is 1. The molecule has 1 aliphatic carbocycles. The zero-order valence-corrected chi connectivity index (χ0v) is 6.75. The first-order valence-electron chi connectivity index (χ1n) is 4.04. The predicted octanol–water partition coefficient (Wildman–Crippen LogP) is 0.259. The van der Waals surface area contributed by atoms with Crippen LogP contribution in [-0.4, -0.2) is 24.3 Å². The average molecular weight is 154 g/mol. The SMILES string of the molecule is CN[C@H]1CCC[C@H](C#N)[C@@H]1O. The standard InChI is InChI=1S/C8H14N2O/c1-10-7-4-2-3-6(5-9)8(7)11/h6-8,10-11H,2-4H2,1H3/t6-,7+,8+/m1/s1. The third-order valence-electron chi connectivity index (χ3n) is 2.39. The van der Waals surface area contributed by atoms with Crippen LogP contribution in [0.5, 0.6) is 0 Å². The van der Waals surface area contributed by atoms with E-state index in [1.165, 1.54) is 0 Å². The van der Waals surface area contributed by atoms with Gasteiger partial charge in [0.2, 0.25) is 0 Å². The molecule has 0 aromatic carbocycles. The molecule has 0 aromatic heterocycles. The van der Waals surface area contributed by atoms with E-state index in [2.05, 4.69) is 11.4 Å². The molecule has 3 atom stereocenters. The summed E-state index contributed by atoms with van der Waals surface area (Å²) in [6.07, 6.45) is 2.39. The van der Waals surface area contributed by atoms with Crippen molar-refractivity contribution in [1.29, 1.82) is 5.26 Å². The molecule has 0 spiro atoms. The number of rotatable bonds is 1. The molecule has 0 amide bonds. The molecule has 1 saturated carbocycles. The molecular formula is C8H14N2O. The molecule has 62 valence electrons. The first-order valence-corrected chi connectivity index (χ1v) is 4.04. The molecule has 0 unspecified atom stereocenters. The quantitative estimate of drug-likeness (QED) is 0.569. The van der Waals surface area contributed by atoms with Crippen LogP contribution in [0.25, 0.3) is 0 Å². The van der Waals surface area contributed by atoms with Gasteiger partial charge in [0.1, 0.15) is 0 Å². The maximum Gasteiger partial charge on any atom is 0.0850 e. The lowest BCUT2D eigenvalue weighted by molar-refractivity contribution is 0.0637. The molecule has 2 N–H and O–H groups in total. The molecule has 11 heavy (non-hydrogen) atoms. The number of hydrogen-bond acceptors (Lipinski definition) is 3. The number of aliphatic hydroxyl groups is 1. The van der Waals surface area contributed by atoms with E-state index >= 15 is 0 Å². The minimum absolute atomic E-state index is 0.119. The first kappa shape index (κ1) is 8.51. The highest BCUT2D eigenvalue weighted by molar-refractivity contribution is 4.96. The maximum atomic E-state index is 9.54. The van der Waals surface area contributed by atoms with Gasteiger partial charge in [0.15, 0.2) is 0 Å². The molecule has 3 nitrogen and oxygen atoms in total. The number of nitrogens with zero attached hydrogens (tertiary/aromatic N) is 1. The second kappa shape index (κ2) is 3.70. The Hall–Kier alpha value is -0.590. The van der Waals surface area contributed by atoms with Gasteiger partial charge in [0, 0.05) is 6.04 Å². The van der Waals surface area contributed by atoms with E-state index in [0.717, 1.165) is 19.3 Å². The zero-order chi connectivity index (χ0) is 8.27. The van der Waals surface area contributed by atoms with Gasteiger partial charge in [-0.25, -0.2) is 0 Å². The highest BCUT2D eigenvalue weighted by Gasteiger charge is 2.30. The molecule has 0 saturated heterocycles. The van der Waals surface area contributed by atoms with Crippen LogP contribution >= 0.6 is 0 Å². The summed E-state index contributed by atoms with van der Waals surface area (Å²) in [4.78, 5) is 0. The maximum absolute atomic E-state index is 9.54. The molecule has 1 fully saturated rings. The van der Waals surface area contributed by atoms with Crippen molar-refractivity contribution < 1.29 is 5.11 Å². The first-order chi connectivity index (χ1) is 5.29.